The summed E-state index contributed by atoms with van der Waals surface area (Å²) in [7, 11) is -3.88. The Labute approximate surface area is 179 Å². The maximum Gasteiger partial charge on any atom is 0.264 e. The van der Waals surface area contributed by atoms with E-state index in [1.165, 1.54) is 16.3 Å². The molecule has 0 radical (unpaired) electrons. The Morgan fingerprint density at radius 1 is 1.07 bits per heavy atom. The van der Waals surface area contributed by atoms with E-state index < -0.39 is 10.0 Å². The lowest BCUT2D eigenvalue weighted by Crippen LogP contribution is -2.41. The highest BCUT2D eigenvalue weighted by molar-refractivity contribution is 7.92. The summed E-state index contributed by atoms with van der Waals surface area (Å²) in [6.45, 7) is 4.12. The molecule has 30 heavy (non-hydrogen) atoms. The highest BCUT2D eigenvalue weighted by Crippen LogP contribution is 2.27. The van der Waals surface area contributed by atoms with Crippen LogP contribution in [0.15, 0.2) is 65.1 Å². The van der Waals surface area contributed by atoms with Gasteiger partial charge in [0.25, 0.3) is 10.0 Å². The minimum absolute atomic E-state index is 0.182. The number of benzene rings is 2. The van der Waals surface area contributed by atoms with Crippen molar-refractivity contribution >= 4 is 21.6 Å². The predicted octanol–water partition coefficient (Wildman–Crippen LogP) is 4.37. The van der Waals surface area contributed by atoms with Gasteiger partial charge in [0.1, 0.15) is 6.54 Å². The number of hydrogen-bond donors (Lipinski definition) is 1. The van der Waals surface area contributed by atoms with Gasteiger partial charge in [-0.3, -0.25) is 9.10 Å². The first-order chi connectivity index (χ1) is 14.4. The van der Waals surface area contributed by atoms with Crippen molar-refractivity contribution in [2.75, 3.05) is 17.4 Å². The van der Waals surface area contributed by atoms with Crippen LogP contribution in [0.4, 0.5) is 5.69 Å². The molecular formula is C24H30N2O3S. The number of hydrogen-bond acceptors (Lipinski definition) is 3. The van der Waals surface area contributed by atoms with Gasteiger partial charge in [-0.25, -0.2) is 8.42 Å². The summed E-state index contributed by atoms with van der Waals surface area (Å²) in [5, 5.41) is 2.91. The molecule has 0 unspecified atom stereocenters. The number of aryl methyl sites for hydroxylation is 2. The van der Waals surface area contributed by atoms with Crippen LogP contribution in [0, 0.1) is 6.92 Å². The van der Waals surface area contributed by atoms with Crippen LogP contribution in [0.5, 0.6) is 0 Å². The molecule has 0 heterocycles. The van der Waals surface area contributed by atoms with Gasteiger partial charge in [0.2, 0.25) is 5.91 Å². The van der Waals surface area contributed by atoms with E-state index >= 15 is 0 Å². The molecule has 0 saturated carbocycles. The third-order valence-corrected chi connectivity index (χ3v) is 7.21. The lowest BCUT2D eigenvalue weighted by atomic mass is 10.00. The number of allylic oxidation sites excluding steroid dienone is 1. The third kappa shape index (κ3) is 5.30. The fourth-order valence-electron chi connectivity index (χ4n) is 3.65. The molecule has 0 fully saturated rings. The predicted molar refractivity (Wildman–Crippen MR) is 121 cm³/mol. The van der Waals surface area contributed by atoms with Gasteiger partial charge in [-0.05, 0) is 62.8 Å². The monoisotopic (exact) mass is 426 g/mol. The smallest absolute Gasteiger partial charge is 0.264 e. The molecule has 1 N–H and O–H groups in total. The summed E-state index contributed by atoms with van der Waals surface area (Å²) in [6.07, 6.45) is 7.21. The van der Waals surface area contributed by atoms with E-state index in [0.717, 1.165) is 30.4 Å². The summed E-state index contributed by atoms with van der Waals surface area (Å²) < 4.78 is 28.2. The SMILES string of the molecule is CCc1ccccc1N(CC(=O)NCC1=CCCCC1)S(=O)(=O)c1ccc(C)cc1. The van der Waals surface area contributed by atoms with Gasteiger partial charge in [0.15, 0.2) is 0 Å². The normalized spacial score (nSPS) is 14.1. The Hall–Kier alpha value is -2.60. The molecule has 1 aliphatic rings. The number of sulfonamides is 1. The van der Waals surface area contributed by atoms with Gasteiger partial charge < -0.3 is 5.32 Å². The Kier molecular flexibility index (Phi) is 7.32. The van der Waals surface area contributed by atoms with E-state index in [0.29, 0.717) is 18.7 Å². The number of anilines is 1. The van der Waals surface area contributed by atoms with Crippen molar-refractivity contribution in [2.24, 2.45) is 0 Å². The largest absolute Gasteiger partial charge is 0.351 e. The fraction of sp³-hybridized carbons (Fsp3) is 0.375. The number of nitrogens with one attached hydrogen (secondary N) is 1. The summed E-state index contributed by atoms with van der Waals surface area (Å²) in [5.41, 5.74) is 3.63. The van der Waals surface area contributed by atoms with Crippen LogP contribution in [-0.4, -0.2) is 27.4 Å². The number of rotatable bonds is 8. The van der Waals surface area contributed by atoms with Gasteiger partial charge >= 0.3 is 0 Å². The molecule has 1 aliphatic carbocycles. The lowest BCUT2D eigenvalue weighted by Gasteiger charge is -2.26. The van der Waals surface area contributed by atoms with Crippen LogP contribution >= 0.6 is 0 Å². The van der Waals surface area contributed by atoms with E-state index in [4.69, 9.17) is 0 Å². The third-order valence-electron chi connectivity index (χ3n) is 5.44. The Balaban J connectivity index is 1.88. The number of nitrogens with zero attached hydrogens (tertiary/aromatic N) is 1. The second-order valence-electron chi connectivity index (χ2n) is 7.69. The molecule has 0 atom stereocenters. The van der Waals surface area contributed by atoms with Gasteiger partial charge in [0, 0.05) is 6.54 Å². The van der Waals surface area contributed by atoms with Gasteiger partial charge in [-0.15, -0.1) is 0 Å². The maximum atomic E-state index is 13.5. The average molecular weight is 427 g/mol. The van der Waals surface area contributed by atoms with Crippen molar-refractivity contribution in [3.8, 4) is 0 Å². The topological polar surface area (TPSA) is 66.5 Å². The molecule has 1 amide bonds. The second-order valence-corrected chi connectivity index (χ2v) is 9.55. The average Bonchev–Trinajstić information content (AvgIpc) is 2.77. The molecule has 0 aliphatic heterocycles. The van der Waals surface area contributed by atoms with E-state index in [1.807, 2.05) is 26.0 Å². The van der Waals surface area contributed by atoms with E-state index in [9.17, 15) is 13.2 Å². The molecule has 0 aromatic heterocycles. The first kappa shape index (κ1) is 22.1. The van der Waals surface area contributed by atoms with Crippen molar-refractivity contribution < 1.29 is 13.2 Å². The van der Waals surface area contributed by atoms with E-state index in [1.54, 1.807) is 36.4 Å². The minimum atomic E-state index is -3.88. The van der Waals surface area contributed by atoms with Crippen LogP contribution in [0.25, 0.3) is 0 Å². The zero-order valence-corrected chi connectivity index (χ0v) is 18.5. The summed E-state index contributed by atoms with van der Waals surface area (Å²) in [4.78, 5) is 12.9. The zero-order valence-electron chi connectivity index (χ0n) is 17.7. The second kappa shape index (κ2) is 9.94. The van der Waals surface area contributed by atoms with Crippen LogP contribution in [0.3, 0.4) is 0 Å². The highest BCUT2D eigenvalue weighted by atomic mass is 32.2. The van der Waals surface area contributed by atoms with Crippen LogP contribution in [0.2, 0.25) is 0 Å². The summed E-state index contributed by atoms with van der Waals surface area (Å²) in [6, 6.07) is 14.1. The lowest BCUT2D eigenvalue weighted by molar-refractivity contribution is -0.119. The molecule has 3 rings (SSSR count). The molecule has 2 aromatic carbocycles. The molecule has 0 saturated heterocycles. The Morgan fingerprint density at radius 3 is 2.47 bits per heavy atom. The van der Waals surface area contributed by atoms with Gasteiger partial charge in [-0.2, -0.15) is 0 Å². The van der Waals surface area contributed by atoms with Crippen LogP contribution in [0.1, 0.15) is 43.7 Å². The van der Waals surface area contributed by atoms with Crippen molar-refractivity contribution in [2.45, 2.75) is 50.8 Å². The standard InChI is InChI=1S/C24H30N2O3S/c1-3-21-11-7-8-12-23(21)26(30(28,29)22-15-13-19(2)14-16-22)18-24(27)25-17-20-9-5-4-6-10-20/h7-9,11-16H,3-6,10,17-18H2,1-2H3,(H,25,27). The number of carbonyl (C=O) groups is 1. The Bertz CT molecular complexity index is 1010. The van der Waals surface area contributed by atoms with Crippen molar-refractivity contribution in [3.63, 3.8) is 0 Å². The Morgan fingerprint density at radius 2 is 1.80 bits per heavy atom. The number of carbonyl (C=O) groups excluding carboxylic acids is 1. The number of amides is 1. The van der Waals surface area contributed by atoms with E-state index in [2.05, 4.69) is 11.4 Å². The first-order valence-electron chi connectivity index (χ1n) is 10.5. The first-order valence-corrected chi connectivity index (χ1v) is 12.0. The van der Waals surface area contributed by atoms with Crippen molar-refractivity contribution in [3.05, 3.63) is 71.3 Å². The van der Waals surface area contributed by atoms with Crippen LogP contribution in [-0.2, 0) is 21.2 Å². The molecule has 160 valence electrons. The van der Waals surface area contributed by atoms with Crippen molar-refractivity contribution in [1.82, 2.24) is 5.32 Å². The molecule has 5 nitrogen and oxygen atoms in total. The summed E-state index contributed by atoms with van der Waals surface area (Å²) >= 11 is 0. The summed E-state index contributed by atoms with van der Waals surface area (Å²) in [5.74, 6) is -0.303. The zero-order chi connectivity index (χ0) is 21.6. The molecule has 0 spiro atoms. The van der Waals surface area contributed by atoms with Gasteiger partial charge in [0.05, 0.1) is 10.6 Å². The van der Waals surface area contributed by atoms with Crippen molar-refractivity contribution in [1.29, 1.82) is 0 Å². The fourth-order valence-corrected chi connectivity index (χ4v) is 5.11. The van der Waals surface area contributed by atoms with E-state index in [-0.39, 0.29) is 17.3 Å². The number of para-hydroxylation sites is 1. The van der Waals surface area contributed by atoms with Gasteiger partial charge in [-0.1, -0.05) is 54.5 Å². The molecular weight excluding hydrogens is 396 g/mol. The quantitative estimate of drug-likeness (QED) is 0.638. The molecule has 6 heteroatoms. The highest BCUT2D eigenvalue weighted by Gasteiger charge is 2.28. The minimum Gasteiger partial charge on any atom is -0.351 e. The molecule has 0 bridgehead atoms. The van der Waals surface area contributed by atoms with Crippen LogP contribution < -0.4 is 9.62 Å². The maximum absolute atomic E-state index is 13.5. The molecule has 2 aromatic rings.